The normalized spacial score (nSPS) is 26.3. The Morgan fingerprint density at radius 2 is 2.09 bits per heavy atom. The van der Waals surface area contributed by atoms with Crippen LogP contribution in [0.4, 0.5) is 8.78 Å². The highest BCUT2D eigenvalue weighted by Gasteiger charge is 2.48. The fourth-order valence-electron chi connectivity index (χ4n) is 4.75. The molecule has 4 heterocycles. The molecular formula is C22H19F2N3O5. The molecule has 5 rings (SSSR count). The third-order valence-electron chi connectivity index (χ3n) is 6.59. The van der Waals surface area contributed by atoms with E-state index in [0.29, 0.717) is 25.6 Å². The number of aliphatic imine (C=N–C) groups is 1. The molecule has 2 aromatic rings. The molecule has 3 aliphatic rings. The summed E-state index contributed by atoms with van der Waals surface area (Å²) in [6.45, 7) is 2.75. The fourth-order valence-corrected chi connectivity index (χ4v) is 4.75. The Morgan fingerprint density at radius 3 is 2.84 bits per heavy atom. The molecule has 2 amide bonds. The van der Waals surface area contributed by atoms with Crippen LogP contribution in [0.25, 0.3) is 0 Å². The number of pyridine rings is 1. The van der Waals surface area contributed by atoms with Gasteiger partial charge in [-0.25, -0.2) is 13.8 Å². The van der Waals surface area contributed by atoms with Crippen LogP contribution in [0.2, 0.25) is 0 Å². The van der Waals surface area contributed by atoms with E-state index in [4.69, 9.17) is 4.74 Å². The number of amides is 2. The van der Waals surface area contributed by atoms with Gasteiger partial charge in [-0.3, -0.25) is 14.4 Å². The van der Waals surface area contributed by atoms with Crippen LogP contribution in [0, 0.1) is 17.6 Å². The number of aromatic nitrogens is 1. The molecule has 2 saturated heterocycles. The Kier molecular flexibility index (Phi) is 4.70. The van der Waals surface area contributed by atoms with Gasteiger partial charge in [-0.15, -0.1) is 0 Å². The number of halogens is 2. The zero-order valence-corrected chi connectivity index (χ0v) is 17.0. The number of carbonyl (C=O) groups excluding carboxylic acids is 2. The molecule has 2 unspecified atom stereocenters. The lowest BCUT2D eigenvalue weighted by Crippen LogP contribution is -2.51. The zero-order chi connectivity index (χ0) is 22.7. The van der Waals surface area contributed by atoms with Gasteiger partial charge >= 0.3 is 0 Å². The van der Waals surface area contributed by atoms with E-state index in [0.717, 1.165) is 18.3 Å². The molecular weight excluding hydrogens is 424 g/mol. The van der Waals surface area contributed by atoms with Crippen molar-refractivity contribution in [1.82, 2.24) is 9.47 Å². The van der Waals surface area contributed by atoms with Crippen molar-refractivity contribution >= 4 is 18.0 Å². The van der Waals surface area contributed by atoms with Gasteiger partial charge in [0.25, 0.3) is 11.8 Å². The van der Waals surface area contributed by atoms with Gasteiger partial charge in [0, 0.05) is 42.5 Å². The second-order valence-corrected chi connectivity index (χ2v) is 8.34. The lowest BCUT2D eigenvalue weighted by atomic mass is 9.98. The first-order valence-electron chi connectivity index (χ1n) is 10.2. The molecule has 1 N–H and O–H groups in total. The quantitative estimate of drug-likeness (QED) is 0.715. The van der Waals surface area contributed by atoms with E-state index in [1.807, 2.05) is 6.92 Å². The van der Waals surface area contributed by atoms with Crippen molar-refractivity contribution < 1.29 is 28.2 Å². The Hall–Kier alpha value is -3.40. The van der Waals surface area contributed by atoms with Crippen molar-refractivity contribution in [3.8, 4) is 5.75 Å². The Balaban J connectivity index is 1.57. The number of ether oxygens (including phenoxy) is 1. The average Bonchev–Trinajstić information content (AvgIpc) is 3.20. The number of hydrogen-bond donors (Lipinski definition) is 1. The SMILES string of the molecule is C[C@H]1[C@H]2COC(C2)C2CN1C(=O)c1c(O)c(=O)c(C(=O)N=Cc3ccc(F)cc3F)cn12. The van der Waals surface area contributed by atoms with Gasteiger partial charge in [0.2, 0.25) is 5.43 Å². The van der Waals surface area contributed by atoms with E-state index in [-0.39, 0.29) is 35.4 Å². The van der Waals surface area contributed by atoms with Crippen LogP contribution < -0.4 is 5.43 Å². The Labute approximate surface area is 180 Å². The number of rotatable bonds is 2. The van der Waals surface area contributed by atoms with Crippen LogP contribution >= 0.6 is 0 Å². The molecule has 4 atom stereocenters. The molecule has 32 heavy (non-hydrogen) atoms. The number of fused-ring (bicyclic) bond motifs is 7. The van der Waals surface area contributed by atoms with Gasteiger partial charge in [-0.05, 0) is 25.5 Å². The molecule has 1 aromatic carbocycles. The molecule has 3 aliphatic heterocycles. The van der Waals surface area contributed by atoms with Gasteiger partial charge in [0.15, 0.2) is 11.4 Å². The maximum Gasteiger partial charge on any atom is 0.282 e. The van der Waals surface area contributed by atoms with Gasteiger partial charge < -0.3 is 19.3 Å². The van der Waals surface area contributed by atoms with Crippen molar-refractivity contribution in [2.45, 2.75) is 31.5 Å². The summed E-state index contributed by atoms with van der Waals surface area (Å²) in [5.74, 6) is -3.88. The monoisotopic (exact) mass is 443 g/mol. The largest absolute Gasteiger partial charge is 0.503 e. The first-order valence-corrected chi connectivity index (χ1v) is 10.2. The van der Waals surface area contributed by atoms with Crippen LogP contribution in [-0.4, -0.2) is 57.9 Å². The number of carbonyl (C=O) groups is 2. The third-order valence-corrected chi connectivity index (χ3v) is 6.59. The molecule has 1 aromatic heterocycles. The summed E-state index contributed by atoms with van der Waals surface area (Å²) >= 11 is 0. The van der Waals surface area contributed by atoms with Gasteiger partial charge in [0.05, 0.1) is 18.8 Å². The third kappa shape index (κ3) is 3.05. The van der Waals surface area contributed by atoms with Crippen molar-refractivity contribution in [2.24, 2.45) is 10.9 Å². The van der Waals surface area contributed by atoms with Crippen molar-refractivity contribution in [3.63, 3.8) is 0 Å². The zero-order valence-electron chi connectivity index (χ0n) is 17.0. The predicted octanol–water partition coefficient (Wildman–Crippen LogP) is 1.90. The molecule has 2 fully saturated rings. The summed E-state index contributed by atoms with van der Waals surface area (Å²) in [7, 11) is 0. The molecule has 0 radical (unpaired) electrons. The number of aromatic hydroxyl groups is 1. The first-order chi connectivity index (χ1) is 15.3. The fraction of sp³-hybridized carbons (Fsp3) is 0.364. The van der Waals surface area contributed by atoms with E-state index in [1.165, 1.54) is 10.8 Å². The minimum Gasteiger partial charge on any atom is -0.503 e. The maximum atomic E-state index is 13.8. The second kappa shape index (κ2) is 7.33. The molecule has 10 heteroatoms. The lowest BCUT2D eigenvalue weighted by Gasteiger charge is -2.40. The first kappa shape index (κ1) is 20.5. The van der Waals surface area contributed by atoms with Crippen LogP contribution in [0.15, 0.2) is 34.2 Å². The summed E-state index contributed by atoms with van der Waals surface area (Å²) < 4.78 is 34.2. The van der Waals surface area contributed by atoms with E-state index >= 15 is 0 Å². The van der Waals surface area contributed by atoms with Crippen molar-refractivity contribution in [2.75, 3.05) is 13.2 Å². The molecule has 0 aliphatic carbocycles. The molecule has 0 saturated carbocycles. The van der Waals surface area contributed by atoms with Gasteiger partial charge in [0.1, 0.15) is 17.2 Å². The van der Waals surface area contributed by atoms with E-state index < -0.39 is 40.2 Å². The minimum atomic E-state index is -1.04. The standard InChI is InChI=1S/C22H19F2N3O5/c1-10-12-4-17(32-9-12)16-8-26(10)22(31)18-20(29)19(28)14(7-27(16)18)21(30)25-6-11-2-3-13(23)5-15(11)24/h2-3,5-7,10,12,16-17,29H,4,8-9H2,1H3/t10-,12+,16?,17?/m0/s1. The van der Waals surface area contributed by atoms with Crippen molar-refractivity contribution in [1.29, 1.82) is 0 Å². The highest BCUT2D eigenvalue weighted by Crippen LogP contribution is 2.41. The topological polar surface area (TPSA) is 101 Å². The Morgan fingerprint density at radius 1 is 1.31 bits per heavy atom. The summed E-state index contributed by atoms with van der Waals surface area (Å²) in [5, 5.41) is 10.6. The van der Waals surface area contributed by atoms with Crippen LogP contribution in [0.1, 0.15) is 45.8 Å². The summed E-state index contributed by atoms with van der Waals surface area (Å²) in [4.78, 5) is 43.7. The van der Waals surface area contributed by atoms with Gasteiger partial charge in [-0.2, -0.15) is 0 Å². The minimum absolute atomic E-state index is 0.114. The Bertz CT molecular complexity index is 1240. The lowest BCUT2D eigenvalue weighted by molar-refractivity contribution is 0.00886. The number of benzene rings is 1. The van der Waals surface area contributed by atoms with Crippen LogP contribution in [-0.2, 0) is 4.74 Å². The molecule has 166 valence electrons. The van der Waals surface area contributed by atoms with E-state index in [1.54, 1.807) is 4.90 Å². The average molecular weight is 443 g/mol. The van der Waals surface area contributed by atoms with E-state index in [9.17, 15) is 28.3 Å². The molecule has 0 spiro atoms. The van der Waals surface area contributed by atoms with Crippen LogP contribution in [0.5, 0.6) is 5.75 Å². The van der Waals surface area contributed by atoms with E-state index in [2.05, 4.69) is 4.99 Å². The smallest absolute Gasteiger partial charge is 0.282 e. The summed E-state index contributed by atoms with van der Waals surface area (Å²) in [6.07, 6.45) is 2.57. The number of hydrogen-bond acceptors (Lipinski definition) is 5. The van der Waals surface area contributed by atoms with Gasteiger partial charge in [-0.1, -0.05) is 0 Å². The molecule has 8 nitrogen and oxygen atoms in total. The summed E-state index contributed by atoms with van der Waals surface area (Å²) in [6, 6.07) is 2.26. The second-order valence-electron chi connectivity index (χ2n) is 8.34. The highest BCUT2D eigenvalue weighted by molar-refractivity contribution is 6.03. The van der Waals surface area contributed by atoms with Crippen LogP contribution in [0.3, 0.4) is 0 Å². The maximum absolute atomic E-state index is 13.8. The van der Waals surface area contributed by atoms with Crippen molar-refractivity contribution in [3.05, 3.63) is 63.1 Å². The number of nitrogens with zero attached hydrogens (tertiary/aromatic N) is 3. The predicted molar refractivity (Wildman–Crippen MR) is 108 cm³/mol. The molecule has 4 bridgehead atoms. The highest BCUT2D eigenvalue weighted by atomic mass is 19.1. The summed E-state index contributed by atoms with van der Waals surface area (Å²) in [5.41, 5.74) is -1.82.